The summed E-state index contributed by atoms with van der Waals surface area (Å²) in [7, 11) is 0. The quantitative estimate of drug-likeness (QED) is 0.846. The number of fused-ring (bicyclic) bond motifs is 1. The third-order valence-electron chi connectivity index (χ3n) is 3.45. The standard InChI is InChI=1S/C17H14Cl2N2O4/c1-9-17(23)21-13-7-11(3-5-15(13)25-9)20-16(22)8-24-14-4-2-10(18)6-12(14)19/h2-7,9H,8H2,1H3,(H,20,22)(H,21,23). The summed E-state index contributed by atoms with van der Waals surface area (Å²) < 4.78 is 10.8. The fraction of sp³-hybridized carbons (Fsp3) is 0.176. The van der Waals surface area contributed by atoms with E-state index in [4.69, 9.17) is 32.7 Å². The molecule has 1 atom stereocenters. The predicted molar refractivity (Wildman–Crippen MR) is 95.7 cm³/mol. The van der Waals surface area contributed by atoms with Crippen LogP contribution in [0.1, 0.15) is 6.92 Å². The molecule has 1 heterocycles. The average molecular weight is 381 g/mol. The van der Waals surface area contributed by atoms with E-state index < -0.39 is 6.10 Å². The van der Waals surface area contributed by atoms with Crippen molar-refractivity contribution in [2.45, 2.75) is 13.0 Å². The van der Waals surface area contributed by atoms with Gasteiger partial charge in [0.1, 0.15) is 11.5 Å². The van der Waals surface area contributed by atoms with Crippen molar-refractivity contribution in [2.24, 2.45) is 0 Å². The Balaban J connectivity index is 1.61. The number of anilines is 2. The van der Waals surface area contributed by atoms with Gasteiger partial charge in [0.25, 0.3) is 11.8 Å². The number of amides is 2. The topological polar surface area (TPSA) is 76.7 Å². The van der Waals surface area contributed by atoms with Gasteiger partial charge in [-0.15, -0.1) is 0 Å². The summed E-state index contributed by atoms with van der Waals surface area (Å²) >= 11 is 11.8. The molecule has 2 aromatic rings. The molecule has 1 aliphatic heterocycles. The van der Waals surface area contributed by atoms with E-state index in [2.05, 4.69) is 10.6 Å². The zero-order valence-electron chi connectivity index (χ0n) is 13.1. The van der Waals surface area contributed by atoms with Crippen molar-refractivity contribution in [3.8, 4) is 11.5 Å². The van der Waals surface area contributed by atoms with Gasteiger partial charge in [0.15, 0.2) is 12.7 Å². The molecule has 0 spiro atoms. The molecule has 130 valence electrons. The van der Waals surface area contributed by atoms with E-state index in [1.807, 2.05) is 0 Å². The monoisotopic (exact) mass is 380 g/mol. The van der Waals surface area contributed by atoms with Crippen molar-refractivity contribution in [3.63, 3.8) is 0 Å². The Hall–Kier alpha value is -2.44. The Labute approximate surface area is 154 Å². The van der Waals surface area contributed by atoms with Gasteiger partial charge in [0.2, 0.25) is 0 Å². The summed E-state index contributed by atoms with van der Waals surface area (Å²) in [4.78, 5) is 23.7. The fourth-order valence-corrected chi connectivity index (χ4v) is 2.68. The van der Waals surface area contributed by atoms with Gasteiger partial charge >= 0.3 is 0 Å². The molecule has 6 nitrogen and oxygen atoms in total. The average Bonchev–Trinajstić information content (AvgIpc) is 2.55. The number of rotatable bonds is 4. The highest BCUT2D eigenvalue weighted by Crippen LogP contribution is 2.32. The van der Waals surface area contributed by atoms with E-state index in [9.17, 15) is 9.59 Å². The van der Waals surface area contributed by atoms with Crippen molar-refractivity contribution in [2.75, 3.05) is 17.2 Å². The minimum absolute atomic E-state index is 0.224. The lowest BCUT2D eigenvalue weighted by Crippen LogP contribution is -2.34. The van der Waals surface area contributed by atoms with E-state index in [0.717, 1.165) is 0 Å². The summed E-state index contributed by atoms with van der Waals surface area (Å²) in [6.07, 6.45) is -0.550. The van der Waals surface area contributed by atoms with Crippen LogP contribution in [0.5, 0.6) is 11.5 Å². The maximum atomic E-state index is 12.0. The minimum atomic E-state index is -0.550. The number of hydrogen-bond donors (Lipinski definition) is 2. The molecule has 25 heavy (non-hydrogen) atoms. The molecule has 2 amide bonds. The minimum Gasteiger partial charge on any atom is -0.482 e. The Bertz CT molecular complexity index is 841. The maximum absolute atomic E-state index is 12.0. The number of halogens is 2. The van der Waals surface area contributed by atoms with E-state index >= 15 is 0 Å². The first kappa shape index (κ1) is 17.4. The SMILES string of the molecule is CC1Oc2ccc(NC(=O)COc3ccc(Cl)cc3Cl)cc2NC1=O. The van der Waals surface area contributed by atoms with Crippen LogP contribution in [0, 0.1) is 0 Å². The number of ether oxygens (including phenoxy) is 2. The highest BCUT2D eigenvalue weighted by molar-refractivity contribution is 6.35. The summed E-state index contributed by atoms with van der Waals surface area (Å²) in [5.41, 5.74) is 1.01. The molecular formula is C17H14Cl2N2O4. The first-order valence-corrected chi connectivity index (χ1v) is 8.17. The maximum Gasteiger partial charge on any atom is 0.265 e. The molecule has 0 fully saturated rings. The van der Waals surface area contributed by atoms with Crippen LogP contribution >= 0.6 is 23.2 Å². The van der Waals surface area contributed by atoms with Crippen LogP contribution in [0.2, 0.25) is 10.0 Å². The molecule has 0 saturated carbocycles. The molecule has 1 unspecified atom stereocenters. The summed E-state index contributed by atoms with van der Waals surface area (Å²) in [6, 6.07) is 9.71. The lowest BCUT2D eigenvalue weighted by Gasteiger charge is -2.23. The molecule has 2 N–H and O–H groups in total. The smallest absolute Gasteiger partial charge is 0.265 e. The van der Waals surface area contributed by atoms with Crippen LogP contribution < -0.4 is 20.1 Å². The molecule has 0 saturated heterocycles. The van der Waals surface area contributed by atoms with Crippen LogP contribution in [0.3, 0.4) is 0 Å². The van der Waals surface area contributed by atoms with Crippen molar-refractivity contribution in [1.29, 1.82) is 0 Å². The number of hydrogen-bond acceptors (Lipinski definition) is 4. The van der Waals surface area contributed by atoms with Gasteiger partial charge in [-0.2, -0.15) is 0 Å². The highest BCUT2D eigenvalue weighted by Gasteiger charge is 2.23. The van der Waals surface area contributed by atoms with Gasteiger partial charge < -0.3 is 20.1 Å². The molecule has 0 bridgehead atoms. The molecular weight excluding hydrogens is 367 g/mol. The second-order valence-corrected chi connectivity index (χ2v) is 6.22. The third-order valence-corrected chi connectivity index (χ3v) is 3.98. The van der Waals surface area contributed by atoms with Crippen molar-refractivity contribution >= 4 is 46.4 Å². The Morgan fingerprint density at radius 2 is 2.08 bits per heavy atom. The van der Waals surface area contributed by atoms with Crippen molar-refractivity contribution in [3.05, 3.63) is 46.4 Å². The molecule has 0 aliphatic carbocycles. The van der Waals surface area contributed by atoms with E-state index in [1.54, 1.807) is 37.3 Å². The zero-order chi connectivity index (χ0) is 18.0. The van der Waals surface area contributed by atoms with Gasteiger partial charge in [0, 0.05) is 10.7 Å². The van der Waals surface area contributed by atoms with E-state index in [0.29, 0.717) is 32.9 Å². The number of benzene rings is 2. The predicted octanol–water partition coefficient (Wildman–Crippen LogP) is 3.73. The van der Waals surface area contributed by atoms with Gasteiger partial charge in [-0.05, 0) is 43.3 Å². The highest BCUT2D eigenvalue weighted by atomic mass is 35.5. The largest absolute Gasteiger partial charge is 0.482 e. The van der Waals surface area contributed by atoms with Crippen LogP contribution in [-0.4, -0.2) is 24.5 Å². The summed E-state index contributed by atoms with van der Waals surface area (Å²) in [5.74, 6) is 0.301. The second-order valence-electron chi connectivity index (χ2n) is 5.37. The third kappa shape index (κ3) is 4.15. The number of carbonyl (C=O) groups excluding carboxylic acids is 2. The lowest BCUT2D eigenvalue weighted by molar-refractivity contribution is -0.122. The van der Waals surface area contributed by atoms with Crippen LogP contribution in [-0.2, 0) is 9.59 Å². The Morgan fingerprint density at radius 3 is 2.84 bits per heavy atom. The molecule has 0 aromatic heterocycles. The van der Waals surface area contributed by atoms with Gasteiger partial charge in [0.05, 0.1) is 10.7 Å². The molecule has 2 aromatic carbocycles. The molecule has 8 heteroatoms. The van der Waals surface area contributed by atoms with Gasteiger partial charge in [-0.1, -0.05) is 23.2 Å². The Morgan fingerprint density at radius 1 is 1.28 bits per heavy atom. The normalized spacial score (nSPS) is 15.6. The molecule has 3 rings (SSSR count). The van der Waals surface area contributed by atoms with Gasteiger partial charge in [-0.3, -0.25) is 9.59 Å². The van der Waals surface area contributed by atoms with Crippen molar-refractivity contribution in [1.82, 2.24) is 0 Å². The van der Waals surface area contributed by atoms with Crippen molar-refractivity contribution < 1.29 is 19.1 Å². The van der Waals surface area contributed by atoms with Gasteiger partial charge in [-0.25, -0.2) is 0 Å². The van der Waals surface area contributed by atoms with E-state index in [1.165, 1.54) is 6.07 Å². The first-order valence-electron chi connectivity index (χ1n) is 7.41. The summed E-state index contributed by atoms with van der Waals surface area (Å²) in [5, 5.41) is 6.20. The zero-order valence-corrected chi connectivity index (χ0v) is 14.6. The fourth-order valence-electron chi connectivity index (χ4n) is 2.22. The van der Waals surface area contributed by atoms with Crippen LogP contribution in [0.25, 0.3) is 0 Å². The summed E-state index contributed by atoms with van der Waals surface area (Å²) in [6.45, 7) is 1.44. The second kappa shape index (κ2) is 7.21. The van der Waals surface area contributed by atoms with E-state index in [-0.39, 0.29) is 18.4 Å². The number of nitrogens with one attached hydrogen (secondary N) is 2. The first-order chi connectivity index (χ1) is 11.9. The van der Waals surface area contributed by atoms with Crippen LogP contribution in [0.15, 0.2) is 36.4 Å². The van der Waals surface area contributed by atoms with Crippen LogP contribution in [0.4, 0.5) is 11.4 Å². The Kier molecular flexibility index (Phi) is 5.01. The lowest BCUT2D eigenvalue weighted by atomic mass is 10.2. The molecule has 1 aliphatic rings. The molecule has 0 radical (unpaired) electrons. The number of carbonyl (C=O) groups is 2.